The molecule has 2 fully saturated rings. The molecule has 2 saturated heterocycles. The largest absolute Gasteiger partial charge is 0.446 e. The molecule has 0 radical (unpaired) electrons. The van der Waals surface area contributed by atoms with E-state index in [-0.39, 0.29) is 29.9 Å². The van der Waals surface area contributed by atoms with E-state index in [4.69, 9.17) is 9.47 Å². The lowest BCUT2D eigenvalue weighted by Crippen LogP contribution is -2.60. The molecular formula is C47H80N6O8. The van der Waals surface area contributed by atoms with Crippen LogP contribution >= 0.6 is 0 Å². The van der Waals surface area contributed by atoms with Gasteiger partial charge >= 0.3 is 12.2 Å². The number of ether oxygens (including phenoxy) is 2. The van der Waals surface area contributed by atoms with Crippen molar-refractivity contribution in [2.24, 2.45) is 11.8 Å². The van der Waals surface area contributed by atoms with Crippen molar-refractivity contribution in [3.05, 3.63) is 48.0 Å². The van der Waals surface area contributed by atoms with E-state index in [1.165, 1.54) is 5.06 Å². The minimum Gasteiger partial charge on any atom is -0.446 e. The summed E-state index contributed by atoms with van der Waals surface area (Å²) in [6.07, 6.45) is 7.18. The van der Waals surface area contributed by atoms with Crippen LogP contribution in [0.5, 0.6) is 0 Å². The molecule has 4 amide bonds. The number of aliphatic hydroxyl groups excluding tert-OH is 1. The van der Waals surface area contributed by atoms with Crippen molar-refractivity contribution in [2.45, 2.75) is 200 Å². The second-order valence-electron chi connectivity index (χ2n) is 20.9. The van der Waals surface area contributed by atoms with E-state index >= 15 is 0 Å². The predicted molar refractivity (Wildman–Crippen MR) is 239 cm³/mol. The number of hydrogen-bond donors (Lipinski definition) is 6. The zero-order chi connectivity index (χ0) is 45.8. The van der Waals surface area contributed by atoms with Gasteiger partial charge in [0, 0.05) is 42.5 Å². The van der Waals surface area contributed by atoms with Gasteiger partial charge in [0.25, 0.3) is 0 Å². The highest BCUT2D eigenvalue weighted by Crippen LogP contribution is 2.38. The highest BCUT2D eigenvalue weighted by molar-refractivity contribution is 5.83. The summed E-state index contributed by atoms with van der Waals surface area (Å²) >= 11 is 0. The van der Waals surface area contributed by atoms with Gasteiger partial charge in [-0.3, -0.25) is 14.9 Å². The number of hydrogen-bond acceptors (Lipinski definition) is 10. The van der Waals surface area contributed by atoms with E-state index < -0.39 is 58.6 Å². The minimum atomic E-state index is -1.16. The van der Waals surface area contributed by atoms with Crippen LogP contribution in [0, 0.1) is 11.8 Å². The number of piperidine rings is 1. The van der Waals surface area contributed by atoms with E-state index in [1.807, 2.05) is 112 Å². The molecule has 14 heteroatoms. The van der Waals surface area contributed by atoms with Crippen LogP contribution in [0.1, 0.15) is 146 Å². The number of amides is 4. The topological polar surface area (TPSA) is 182 Å². The summed E-state index contributed by atoms with van der Waals surface area (Å²) in [7, 11) is 0. The van der Waals surface area contributed by atoms with Crippen molar-refractivity contribution in [1.29, 1.82) is 0 Å². The molecule has 0 saturated carbocycles. The number of alkyl carbamates (subject to hydrolysis) is 2. The van der Waals surface area contributed by atoms with Crippen LogP contribution in [0.25, 0.3) is 0 Å². The number of hydroxylamine groups is 2. The van der Waals surface area contributed by atoms with Crippen molar-refractivity contribution in [2.75, 3.05) is 13.1 Å². The van der Waals surface area contributed by atoms with Crippen LogP contribution < -0.4 is 21.3 Å². The molecule has 0 bridgehead atoms. The number of aliphatic hydroxyl groups is 1. The molecule has 2 heterocycles. The molecule has 0 aliphatic carbocycles. The summed E-state index contributed by atoms with van der Waals surface area (Å²) in [5.41, 5.74) is -1.22. The maximum atomic E-state index is 14.5. The van der Waals surface area contributed by atoms with Gasteiger partial charge in [0.1, 0.15) is 17.9 Å². The van der Waals surface area contributed by atoms with Gasteiger partial charge in [-0.2, -0.15) is 5.06 Å². The first kappa shape index (κ1) is 51.6. The number of unbranched alkanes of at least 4 members (excludes halogenated alkanes) is 2. The van der Waals surface area contributed by atoms with Gasteiger partial charge < -0.3 is 40.6 Å². The number of rotatable bonds is 19. The Morgan fingerprint density at radius 2 is 1.56 bits per heavy atom. The van der Waals surface area contributed by atoms with Crippen LogP contribution in [0.3, 0.4) is 0 Å². The number of likely N-dealkylation sites (tertiary alicyclic amines) is 1. The SMILES string of the molecule is CC(C)C[C@@H](/C=C/[C@H](Cc1ccccc1)C(=O)N1CCC[C@H]1C(O)N[C@@H](CCCCCNC(=O)OC1CC(C)(C)N(O)C(C)(C)C1)C(=O)NC(C)(C)C)NC(=O)OC(C)(C)C. The summed E-state index contributed by atoms with van der Waals surface area (Å²) < 4.78 is 11.3. The summed E-state index contributed by atoms with van der Waals surface area (Å²) in [6, 6.07) is 8.17. The Balaban J connectivity index is 1.67. The molecule has 1 aromatic rings. The van der Waals surface area contributed by atoms with Crippen molar-refractivity contribution >= 4 is 24.0 Å². The Morgan fingerprint density at radius 1 is 0.918 bits per heavy atom. The monoisotopic (exact) mass is 857 g/mol. The van der Waals surface area contributed by atoms with Gasteiger partial charge in [-0.05, 0) is 119 Å². The van der Waals surface area contributed by atoms with Crippen LogP contribution in [0.2, 0.25) is 0 Å². The van der Waals surface area contributed by atoms with Crippen LogP contribution in [0.4, 0.5) is 9.59 Å². The fraction of sp³-hybridized carbons (Fsp3) is 0.745. The lowest BCUT2D eigenvalue weighted by Gasteiger charge is -2.50. The average molecular weight is 857 g/mol. The number of carbonyl (C=O) groups excluding carboxylic acids is 4. The lowest BCUT2D eigenvalue weighted by molar-refractivity contribution is -0.256. The minimum absolute atomic E-state index is 0.128. The zero-order valence-corrected chi connectivity index (χ0v) is 39.3. The Bertz CT molecular complexity index is 1570. The summed E-state index contributed by atoms with van der Waals surface area (Å²) in [6.45, 7) is 23.9. The second-order valence-corrected chi connectivity index (χ2v) is 20.9. The zero-order valence-electron chi connectivity index (χ0n) is 39.3. The maximum absolute atomic E-state index is 14.5. The maximum Gasteiger partial charge on any atom is 0.408 e. The Hall–Kier alpha value is -3.72. The molecule has 1 unspecified atom stereocenters. The quantitative estimate of drug-likeness (QED) is 0.0472. The first-order chi connectivity index (χ1) is 28.3. The van der Waals surface area contributed by atoms with Crippen molar-refractivity contribution in [3.63, 3.8) is 0 Å². The van der Waals surface area contributed by atoms with Gasteiger partial charge in [-0.25, -0.2) is 9.59 Å². The van der Waals surface area contributed by atoms with Gasteiger partial charge in [-0.15, -0.1) is 0 Å². The molecule has 61 heavy (non-hydrogen) atoms. The molecule has 3 rings (SSSR count). The number of nitrogens with one attached hydrogen (secondary N) is 4. The highest BCUT2D eigenvalue weighted by atomic mass is 16.6. The third-order valence-electron chi connectivity index (χ3n) is 11.1. The Morgan fingerprint density at radius 3 is 2.15 bits per heavy atom. The molecule has 5 atom stereocenters. The molecular weight excluding hydrogens is 777 g/mol. The van der Waals surface area contributed by atoms with E-state index in [0.29, 0.717) is 70.9 Å². The molecule has 0 aromatic heterocycles. The van der Waals surface area contributed by atoms with Gasteiger partial charge in [0.15, 0.2) is 0 Å². The highest BCUT2D eigenvalue weighted by Gasteiger charge is 2.46. The molecule has 0 spiro atoms. The smallest absolute Gasteiger partial charge is 0.408 e. The van der Waals surface area contributed by atoms with Gasteiger partial charge in [0.05, 0.1) is 24.0 Å². The van der Waals surface area contributed by atoms with E-state index in [1.54, 1.807) is 4.90 Å². The van der Waals surface area contributed by atoms with Crippen molar-refractivity contribution < 1.29 is 39.0 Å². The molecule has 2 aliphatic heterocycles. The van der Waals surface area contributed by atoms with E-state index in [0.717, 1.165) is 12.0 Å². The van der Waals surface area contributed by atoms with Gasteiger partial charge in [0.2, 0.25) is 11.8 Å². The Labute approximate surface area is 366 Å². The molecule has 6 N–H and O–H groups in total. The van der Waals surface area contributed by atoms with E-state index in [9.17, 15) is 29.5 Å². The molecule has 1 aromatic carbocycles. The molecule has 2 aliphatic rings. The second kappa shape index (κ2) is 22.6. The molecule has 14 nitrogen and oxygen atoms in total. The van der Waals surface area contributed by atoms with Crippen LogP contribution in [-0.2, 0) is 25.5 Å². The Kier molecular flexibility index (Phi) is 19.1. The fourth-order valence-corrected chi connectivity index (χ4v) is 8.49. The molecule has 346 valence electrons. The van der Waals surface area contributed by atoms with Gasteiger partial charge in [-0.1, -0.05) is 69.2 Å². The third kappa shape index (κ3) is 17.9. The predicted octanol–water partition coefficient (Wildman–Crippen LogP) is 7.22. The average Bonchev–Trinajstić information content (AvgIpc) is 3.61. The number of benzene rings is 1. The summed E-state index contributed by atoms with van der Waals surface area (Å²) in [4.78, 5) is 55.3. The van der Waals surface area contributed by atoms with Crippen molar-refractivity contribution in [1.82, 2.24) is 31.2 Å². The number of nitrogens with zero attached hydrogens (tertiary/aromatic N) is 2. The summed E-state index contributed by atoms with van der Waals surface area (Å²) in [5.74, 6) is -0.660. The normalized spacial score (nSPS) is 20.5. The van der Waals surface area contributed by atoms with E-state index in [2.05, 4.69) is 35.1 Å². The standard InChI is InChI=1S/C47H80N6O8/c1-32(2)28-35(49-43(58)61-45(6,7)8)25-24-34(29-33-20-15-13-16-21-33)41(56)52-27-19-23-38(52)40(55)50-37(39(54)51-44(3,4)5)22-17-14-18-26-48-42(57)60-36-30-46(9,10)53(59)47(11,12)31-36/h13,15-16,20-21,24-25,32,34-38,40,50,55,59H,14,17-19,22-23,26-31H2,1-12H3,(H,48,57)(H,49,58)(H,51,54)/b25-24+/t34-,35-,37+,38+,40?/m1/s1. The first-order valence-corrected chi connectivity index (χ1v) is 22.5. The van der Waals surface area contributed by atoms with Crippen molar-refractivity contribution in [3.8, 4) is 0 Å². The first-order valence-electron chi connectivity index (χ1n) is 22.5. The lowest BCUT2D eigenvalue weighted by atomic mass is 9.80. The van der Waals surface area contributed by atoms with Crippen LogP contribution in [0.15, 0.2) is 42.5 Å². The number of carbonyl (C=O) groups is 4. The fourth-order valence-electron chi connectivity index (χ4n) is 8.49. The third-order valence-corrected chi connectivity index (χ3v) is 11.1. The summed E-state index contributed by atoms with van der Waals surface area (Å²) in [5, 5.41) is 35.7. The van der Waals surface area contributed by atoms with Crippen LogP contribution in [-0.4, -0.2) is 110 Å².